The SMILES string of the molecule is CCN1CCC1COC(=O)N1CCOCC1. The van der Waals surface area contributed by atoms with Crippen LogP contribution in [0.15, 0.2) is 0 Å². The second-order valence-electron chi connectivity index (χ2n) is 4.25. The first-order valence-corrected chi connectivity index (χ1v) is 6.04. The molecule has 1 atom stereocenters. The molecule has 2 heterocycles. The van der Waals surface area contributed by atoms with Gasteiger partial charge in [0.05, 0.1) is 13.2 Å². The number of ether oxygens (including phenoxy) is 2. The molecule has 0 aromatic carbocycles. The predicted molar refractivity (Wildman–Crippen MR) is 59.4 cm³/mol. The molecule has 2 saturated heterocycles. The van der Waals surface area contributed by atoms with E-state index in [9.17, 15) is 4.79 Å². The topological polar surface area (TPSA) is 42.0 Å². The van der Waals surface area contributed by atoms with Gasteiger partial charge in [-0.3, -0.25) is 4.90 Å². The molecule has 0 aromatic heterocycles. The van der Waals surface area contributed by atoms with E-state index in [1.54, 1.807) is 4.90 Å². The molecule has 2 aliphatic rings. The van der Waals surface area contributed by atoms with Crippen molar-refractivity contribution in [1.29, 1.82) is 0 Å². The number of carbonyl (C=O) groups is 1. The first kappa shape index (κ1) is 11.7. The molecule has 0 spiro atoms. The normalized spacial score (nSPS) is 26.3. The van der Waals surface area contributed by atoms with Crippen LogP contribution in [0.3, 0.4) is 0 Å². The number of likely N-dealkylation sites (N-methyl/N-ethyl adjacent to an activating group) is 1. The van der Waals surface area contributed by atoms with E-state index < -0.39 is 0 Å². The molecule has 2 fully saturated rings. The minimum Gasteiger partial charge on any atom is -0.448 e. The zero-order valence-electron chi connectivity index (χ0n) is 9.85. The van der Waals surface area contributed by atoms with Crippen LogP contribution in [0.25, 0.3) is 0 Å². The Morgan fingerprint density at radius 1 is 1.38 bits per heavy atom. The molecule has 1 unspecified atom stereocenters. The van der Waals surface area contributed by atoms with Gasteiger partial charge in [0.15, 0.2) is 0 Å². The van der Waals surface area contributed by atoms with Crippen LogP contribution in [0.4, 0.5) is 4.79 Å². The van der Waals surface area contributed by atoms with Crippen molar-refractivity contribution in [3.05, 3.63) is 0 Å². The Morgan fingerprint density at radius 2 is 2.12 bits per heavy atom. The molecule has 0 aliphatic carbocycles. The number of amides is 1. The van der Waals surface area contributed by atoms with Gasteiger partial charge in [0.2, 0.25) is 0 Å². The lowest BCUT2D eigenvalue weighted by molar-refractivity contribution is 0.000689. The molecule has 0 aromatic rings. The fourth-order valence-corrected chi connectivity index (χ4v) is 2.10. The summed E-state index contributed by atoms with van der Waals surface area (Å²) in [5.41, 5.74) is 0. The minimum atomic E-state index is -0.189. The first-order valence-electron chi connectivity index (χ1n) is 6.04. The summed E-state index contributed by atoms with van der Waals surface area (Å²) in [6.45, 7) is 7.40. The lowest BCUT2D eigenvalue weighted by atomic mass is 10.1. The van der Waals surface area contributed by atoms with Crippen molar-refractivity contribution in [3.63, 3.8) is 0 Å². The third-order valence-corrected chi connectivity index (χ3v) is 3.34. The second-order valence-corrected chi connectivity index (χ2v) is 4.25. The average Bonchev–Trinajstić information content (AvgIpc) is 2.29. The first-order chi connectivity index (χ1) is 7.81. The highest BCUT2D eigenvalue weighted by Gasteiger charge is 2.28. The molecule has 5 nitrogen and oxygen atoms in total. The molecular weight excluding hydrogens is 208 g/mol. The number of rotatable bonds is 3. The summed E-state index contributed by atoms with van der Waals surface area (Å²) in [4.78, 5) is 15.7. The van der Waals surface area contributed by atoms with Crippen molar-refractivity contribution in [1.82, 2.24) is 9.80 Å². The van der Waals surface area contributed by atoms with Crippen molar-refractivity contribution in [2.75, 3.05) is 46.0 Å². The second kappa shape index (κ2) is 5.50. The van der Waals surface area contributed by atoms with E-state index in [1.165, 1.54) is 0 Å². The number of nitrogens with zero attached hydrogens (tertiary/aromatic N) is 2. The Labute approximate surface area is 96.3 Å². The van der Waals surface area contributed by atoms with Crippen LogP contribution in [0.1, 0.15) is 13.3 Å². The number of hydrogen-bond acceptors (Lipinski definition) is 4. The molecule has 0 N–H and O–H groups in total. The van der Waals surface area contributed by atoms with Gasteiger partial charge < -0.3 is 14.4 Å². The molecule has 0 radical (unpaired) electrons. The average molecular weight is 228 g/mol. The molecule has 2 aliphatic heterocycles. The maximum Gasteiger partial charge on any atom is 0.409 e. The maximum absolute atomic E-state index is 11.7. The summed E-state index contributed by atoms with van der Waals surface area (Å²) in [6.07, 6.45) is 0.954. The van der Waals surface area contributed by atoms with Gasteiger partial charge in [-0.1, -0.05) is 6.92 Å². The summed E-state index contributed by atoms with van der Waals surface area (Å²) in [7, 11) is 0. The van der Waals surface area contributed by atoms with Crippen molar-refractivity contribution in [3.8, 4) is 0 Å². The number of carbonyl (C=O) groups excluding carboxylic acids is 1. The van der Waals surface area contributed by atoms with Crippen LogP contribution in [0, 0.1) is 0 Å². The highest BCUT2D eigenvalue weighted by molar-refractivity contribution is 5.67. The van der Waals surface area contributed by atoms with Gasteiger partial charge in [-0.25, -0.2) is 4.79 Å². The van der Waals surface area contributed by atoms with E-state index in [2.05, 4.69) is 11.8 Å². The van der Waals surface area contributed by atoms with Gasteiger partial charge >= 0.3 is 6.09 Å². The van der Waals surface area contributed by atoms with Gasteiger partial charge in [-0.2, -0.15) is 0 Å². The van der Waals surface area contributed by atoms with Crippen LogP contribution in [0.5, 0.6) is 0 Å². The molecule has 1 amide bonds. The maximum atomic E-state index is 11.7. The van der Waals surface area contributed by atoms with Crippen molar-refractivity contribution in [2.45, 2.75) is 19.4 Å². The molecule has 0 bridgehead atoms. The monoisotopic (exact) mass is 228 g/mol. The zero-order chi connectivity index (χ0) is 11.4. The standard InChI is InChI=1S/C11H20N2O3/c1-2-12-4-3-10(12)9-16-11(14)13-5-7-15-8-6-13/h10H,2-9H2,1H3. The summed E-state index contributed by atoms with van der Waals surface area (Å²) < 4.78 is 10.5. The molecule has 2 rings (SSSR count). The van der Waals surface area contributed by atoms with Gasteiger partial charge in [0.25, 0.3) is 0 Å². The Morgan fingerprint density at radius 3 is 2.69 bits per heavy atom. The Balaban J connectivity index is 1.67. The number of hydrogen-bond donors (Lipinski definition) is 0. The highest BCUT2D eigenvalue weighted by Crippen LogP contribution is 2.16. The zero-order valence-corrected chi connectivity index (χ0v) is 9.85. The van der Waals surface area contributed by atoms with Gasteiger partial charge in [0, 0.05) is 25.7 Å². The smallest absolute Gasteiger partial charge is 0.409 e. The quantitative estimate of drug-likeness (QED) is 0.707. The van der Waals surface area contributed by atoms with Crippen LogP contribution < -0.4 is 0 Å². The summed E-state index contributed by atoms with van der Waals surface area (Å²) in [6, 6.07) is 0.440. The van der Waals surface area contributed by atoms with E-state index >= 15 is 0 Å². The lowest BCUT2D eigenvalue weighted by Crippen LogP contribution is -2.51. The van der Waals surface area contributed by atoms with E-state index in [4.69, 9.17) is 9.47 Å². The van der Waals surface area contributed by atoms with Gasteiger partial charge in [-0.15, -0.1) is 0 Å². The van der Waals surface area contributed by atoms with Crippen LogP contribution in [-0.2, 0) is 9.47 Å². The van der Waals surface area contributed by atoms with Crippen LogP contribution in [-0.4, -0.2) is 67.9 Å². The summed E-state index contributed by atoms with van der Waals surface area (Å²) >= 11 is 0. The highest BCUT2D eigenvalue weighted by atomic mass is 16.6. The van der Waals surface area contributed by atoms with Gasteiger partial charge in [0.1, 0.15) is 6.61 Å². The third kappa shape index (κ3) is 2.65. The molecular formula is C11H20N2O3. The predicted octanol–water partition coefficient (Wildman–Crippen LogP) is 0.549. The molecule has 5 heteroatoms. The summed E-state index contributed by atoms with van der Waals surface area (Å²) in [5, 5.41) is 0. The largest absolute Gasteiger partial charge is 0.448 e. The Hall–Kier alpha value is -0.810. The van der Waals surface area contributed by atoms with Crippen molar-refractivity contribution in [2.24, 2.45) is 0 Å². The lowest BCUT2D eigenvalue weighted by Gasteiger charge is -2.40. The fraction of sp³-hybridized carbons (Fsp3) is 0.909. The summed E-state index contributed by atoms with van der Waals surface area (Å²) in [5.74, 6) is 0. The third-order valence-electron chi connectivity index (χ3n) is 3.34. The fourth-order valence-electron chi connectivity index (χ4n) is 2.10. The van der Waals surface area contributed by atoms with E-state index in [0.717, 1.165) is 19.5 Å². The van der Waals surface area contributed by atoms with E-state index in [1.807, 2.05) is 0 Å². The Kier molecular flexibility index (Phi) is 4.01. The minimum absolute atomic E-state index is 0.189. The van der Waals surface area contributed by atoms with E-state index in [0.29, 0.717) is 39.0 Å². The van der Waals surface area contributed by atoms with Crippen LogP contribution >= 0.6 is 0 Å². The van der Waals surface area contributed by atoms with Crippen LogP contribution in [0.2, 0.25) is 0 Å². The van der Waals surface area contributed by atoms with E-state index in [-0.39, 0.29) is 6.09 Å². The molecule has 92 valence electrons. The van der Waals surface area contributed by atoms with Crippen molar-refractivity contribution < 1.29 is 14.3 Å². The Bertz CT molecular complexity index is 239. The molecule has 16 heavy (non-hydrogen) atoms. The van der Waals surface area contributed by atoms with Crippen molar-refractivity contribution >= 4 is 6.09 Å². The molecule has 0 saturated carbocycles. The number of likely N-dealkylation sites (tertiary alicyclic amines) is 1. The number of morpholine rings is 1. The van der Waals surface area contributed by atoms with Gasteiger partial charge in [-0.05, 0) is 13.0 Å².